The van der Waals surface area contributed by atoms with Gasteiger partial charge in [-0.2, -0.15) is 5.26 Å². The summed E-state index contributed by atoms with van der Waals surface area (Å²) in [7, 11) is 0. The Morgan fingerprint density at radius 2 is 2.06 bits per heavy atom. The van der Waals surface area contributed by atoms with Gasteiger partial charge in [-0.05, 0) is 30.4 Å². The summed E-state index contributed by atoms with van der Waals surface area (Å²) in [5.41, 5.74) is 2.41. The van der Waals surface area contributed by atoms with Gasteiger partial charge in [0.25, 0.3) is 0 Å². The van der Waals surface area contributed by atoms with Crippen LogP contribution in [-0.2, 0) is 0 Å². The molecule has 0 amide bonds. The lowest BCUT2D eigenvalue weighted by Crippen LogP contribution is -2.35. The Bertz CT molecular complexity index is 425. The Balaban J connectivity index is 2.07. The molecule has 0 aromatic heterocycles. The Morgan fingerprint density at radius 3 is 2.59 bits per heavy atom. The topological polar surface area (TPSA) is 35.8 Å². The van der Waals surface area contributed by atoms with Gasteiger partial charge in [-0.15, -0.1) is 0 Å². The van der Waals surface area contributed by atoms with Crippen molar-refractivity contribution >= 4 is 5.69 Å². The van der Waals surface area contributed by atoms with Crippen LogP contribution < -0.4 is 5.32 Å². The van der Waals surface area contributed by atoms with Crippen LogP contribution in [0.2, 0.25) is 0 Å². The van der Waals surface area contributed by atoms with Crippen LogP contribution in [0.3, 0.4) is 0 Å². The Kier molecular flexibility index (Phi) is 3.38. The summed E-state index contributed by atoms with van der Waals surface area (Å²) in [5, 5.41) is 12.7. The Labute approximate surface area is 104 Å². The molecule has 1 N–H and O–H groups in total. The normalized spacial score (nSPS) is 17.3. The number of nitriles is 1. The molecule has 1 aliphatic rings. The summed E-state index contributed by atoms with van der Waals surface area (Å²) in [4.78, 5) is 0. The van der Waals surface area contributed by atoms with Gasteiger partial charge in [-0.25, -0.2) is 0 Å². The molecule has 0 bridgehead atoms. The third-order valence-electron chi connectivity index (χ3n) is 3.75. The second-order valence-corrected chi connectivity index (χ2v) is 5.34. The van der Waals surface area contributed by atoms with E-state index in [1.54, 1.807) is 0 Å². The summed E-state index contributed by atoms with van der Waals surface area (Å²) >= 11 is 0. The average Bonchev–Trinajstić information content (AvgIpc) is 2.28. The van der Waals surface area contributed by atoms with Crippen LogP contribution in [0.1, 0.15) is 44.6 Å². The molecule has 0 aliphatic heterocycles. The molecule has 2 nitrogen and oxygen atoms in total. The van der Waals surface area contributed by atoms with E-state index in [0.29, 0.717) is 5.92 Å². The van der Waals surface area contributed by atoms with Gasteiger partial charge in [0.05, 0.1) is 11.5 Å². The third-order valence-corrected chi connectivity index (χ3v) is 3.75. The molecule has 1 aromatic rings. The first-order valence-electron chi connectivity index (χ1n) is 6.41. The van der Waals surface area contributed by atoms with Crippen LogP contribution in [-0.4, -0.2) is 6.54 Å². The molecule has 0 saturated heterocycles. The molecule has 1 saturated carbocycles. The van der Waals surface area contributed by atoms with Crippen molar-refractivity contribution in [2.24, 2.45) is 5.41 Å². The summed E-state index contributed by atoms with van der Waals surface area (Å²) in [6.45, 7) is 5.18. The molecule has 2 rings (SSSR count). The van der Waals surface area contributed by atoms with E-state index in [1.165, 1.54) is 17.7 Å². The first-order valence-corrected chi connectivity index (χ1v) is 6.41. The molecule has 0 radical (unpaired) electrons. The van der Waals surface area contributed by atoms with E-state index in [2.05, 4.69) is 43.4 Å². The average molecular weight is 228 g/mol. The Morgan fingerprint density at radius 1 is 1.35 bits per heavy atom. The van der Waals surface area contributed by atoms with Gasteiger partial charge in [0, 0.05) is 12.2 Å². The summed E-state index contributed by atoms with van der Waals surface area (Å²) in [6, 6.07) is 10.9. The molecule has 1 aliphatic carbocycles. The van der Waals surface area contributed by atoms with Crippen molar-refractivity contribution in [1.82, 2.24) is 0 Å². The van der Waals surface area contributed by atoms with Crippen molar-refractivity contribution in [2.75, 3.05) is 11.9 Å². The van der Waals surface area contributed by atoms with E-state index in [-0.39, 0.29) is 5.41 Å². The number of hydrogen-bond donors (Lipinski definition) is 1. The molecular weight excluding hydrogens is 208 g/mol. The summed E-state index contributed by atoms with van der Waals surface area (Å²) < 4.78 is 0. The van der Waals surface area contributed by atoms with E-state index >= 15 is 0 Å². The smallest absolute Gasteiger partial charge is 0.0746 e. The number of para-hydroxylation sites is 1. The second kappa shape index (κ2) is 4.79. The molecule has 90 valence electrons. The maximum absolute atomic E-state index is 9.20. The molecule has 1 fully saturated rings. The number of nitrogens with zero attached hydrogens (tertiary/aromatic N) is 1. The highest BCUT2D eigenvalue weighted by atomic mass is 14.9. The quantitative estimate of drug-likeness (QED) is 0.848. The van der Waals surface area contributed by atoms with Gasteiger partial charge in [0.15, 0.2) is 0 Å². The van der Waals surface area contributed by atoms with E-state index in [4.69, 9.17) is 0 Å². The van der Waals surface area contributed by atoms with Crippen LogP contribution in [0.25, 0.3) is 0 Å². The zero-order valence-electron chi connectivity index (χ0n) is 10.7. The van der Waals surface area contributed by atoms with Crippen molar-refractivity contribution in [3.05, 3.63) is 29.8 Å². The van der Waals surface area contributed by atoms with E-state index in [9.17, 15) is 5.26 Å². The van der Waals surface area contributed by atoms with Crippen LogP contribution in [0.4, 0.5) is 5.69 Å². The van der Waals surface area contributed by atoms with Crippen molar-refractivity contribution < 1.29 is 0 Å². The van der Waals surface area contributed by atoms with E-state index < -0.39 is 0 Å². The standard InChI is InChI=1S/C15H20N2/c1-12(2)13-6-3-4-7-14(13)17-11-15(10-16)8-5-9-15/h3-4,6-7,12,17H,5,8-9,11H2,1-2H3. The van der Waals surface area contributed by atoms with Gasteiger partial charge in [-0.3, -0.25) is 0 Å². The monoisotopic (exact) mass is 228 g/mol. The lowest BCUT2D eigenvalue weighted by molar-refractivity contribution is 0.233. The molecular formula is C15H20N2. The molecule has 1 aromatic carbocycles. The molecule has 0 heterocycles. The Hall–Kier alpha value is -1.49. The highest BCUT2D eigenvalue weighted by Gasteiger charge is 2.36. The largest absolute Gasteiger partial charge is 0.383 e. The highest BCUT2D eigenvalue weighted by Crippen LogP contribution is 2.40. The van der Waals surface area contributed by atoms with Crippen LogP contribution in [0.15, 0.2) is 24.3 Å². The van der Waals surface area contributed by atoms with Gasteiger partial charge in [0.2, 0.25) is 0 Å². The molecule has 0 unspecified atom stereocenters. The van der Waals surface area contributed by atoms with Gasteiger partial charge < -0.3 is 5.32 Å². The van der Waals surface area contributed by atoms with Gasteiger partial charge in [0.1, 0.15) is 0 Å². The predicted octanol–water partition coefficient (Wildman–Crippen LogP) is 3.92. The lowest BCUT2D eigenvalue weighted by atomic mass is 9.70. The predicted molar refractivity (Wildman–Crippen MR) is 70.9 cm³/mol. The van der Waals surface area contributed by atoms with E-state index in [1.807, 2.05) is 6.07 Å². The number of hydrogen-bond acceptors (Lipinski definition) is 2. The summed E-state index contributed by atoms with van der Waals surface area (Å²) in [5.74, 6) is 0.512. The van der Waals surface area contributed by atoms with Crippen molar-refractivity contribution in [3.63, 3.8) is 0 Å². The minimum absolute atomic E-state index is 0.107. The van der Waals surface area contributed by atoms with E-state index in [0.717, 1.165) is 19.4 Å². The van der Waals surface area contributed by atoms with Crippen LogP contribution >= 0.6 is 0 Å². The molecule has 2 heteroatoms. The summed E-state index contributed by atoms with van der Waals surface area (Å²) in [6.07, 6.45) is 3.28. The molecule has 0 atom stereocenters. The lowest BCUT2D eigenvalue weighted by Gasteiger charge is -2.35. The van der Waals surface area contributed by atoms with Crippen molar-refractivity contribution in [2.45, 2.75) is 39.0 Å². The van der Waals surface area contributed by atoms with Gasteiger partial charge >= 0.3 is 0 Å². The second-order valence-electron chi connectivity index (χ2n) is 5.34. The van der Waals surface area contributed by atoms with Crippen LogP contribution in [0, 0.1) is 16.7 Å². The fourth-order valence-corrected chi connectivity index (χ4v) is 2.36. The zero-order valence-corrected chi connectivity index (χ0v) is 10.7. The zero-order chi connectivity index (χ0) is 12.3. The number of rotatable bonds is 4. The fraction of sp³-hybridized carbons (Fsp3) is 0.533. The fourth-order valence-electron chi connectivity index (χ4n) is 2.36. The molecule has 0 spiro atoms. The maximum Gasteiger partial charge on any atom is 0.0746 e. The highest BCUT2D eigenvalue weighted by molar-refractivity contribution is 5.52. The third kappa shape index (κ3) is 2.44. The first-order chi connectivity index (χ1) is 8.17. The van der Waals surface area contributed by atoms with Crippen molar-refractivity contribution in [3.8, 4) is 6.07 Å². The minimum atomic E-state index is -0.107. The van der Waals surface area contributed by atoms with Gasteiger partial charge in [-0.1, -0.05) is 38.5 Å². The maximum atomic E-state index is 9.20. The number of benzene rings is 1. The number of nitrogens with one attached hydrogen (secondary N) is 1. The number of anilines is 1. The minimum Gasteiger partial charge on any atom is -0.383 e. The van der Waals surface area contributed by atoms with Crippen LogP contribution in [0.5, 0.6) is 0 Å². The first kappa shape index (κ1) is 12.0. The molecule has 17 heavy (non-hydrogen) atoms. The SMILES string of the molecule is CC(C)c1ccccc1NCC1(C#N)CCC1. The van der Waals surface area contributed by atoms with Crippen molar-refractivity contribution in [1.29, 1.82) is 5.26 Å².